The van der Waals surface area contributed by atoms with Crippen LogP contribution in [-0.2, 0) is 22.8 Å². The summed E-state index contributed by atoms with van der Waals surface area (Å²) in [5.41, 5.74) is -4.43. The predicted octanol–water partition coefficient (Wildman–Crippen LogP) is 1.68. The quantitative estimate of drug-likeness (QED) is 0.411. The lowest BCUT2D eigenvalue weighted by molar-refractivity contribution is -0.144. The third-order valence-corrected chi connectivity index (χ3v) is 3.60. The number of nitrogens with zero attached hydrogens (tertiary/aromatic N) is 3. The van der Waals surface area contributed by atoms with Crippen LogP contribution in [0.3, 0.4) is 0 Å². The molecule has 152 valence electrons. The molecule has 0 spiro atoms. The summed E-state index contributed by atoms with van der Waals surface area (Å²) >= 11 is 5.77. The standard InChI is InChI=1S/C15H12ClF4N3O5/c1-7(24)27-3-4-28-13-8(16)5-9(17)12(21-13)23-11(25)6-10(15(18,19)20)22(2)14(23)26/h5-6H,3-4H2,1-2H3. The second-order valence-electron chi connectivity index (χ2n) is 5.31. The number of rotatable bonds is 5. The predicted molar refractivity (Wildman–Crippen MR) is 87.2 cm³/mol. The molecule has 0 aliphatic rings. The molecule has 13 heteroatoms. The molecule has 0 fully saturated rings. The third-order valence-electron chi connectivity index (χ3n) is 3.33. The molecule has 2 rings (SSSR count). The third kappa shape index (κ3) is 4.50. The molecule has 2 heterocycles. The molecular weight excluding hydrogens is 414 g/mol. The molecule has 0 aliphatic heterocycles. The van der Waals surface area contributed by atoms with Crippen molar-refractivity contribution in [3.8, 4) is 11.7 Å². The van der Waals surface area contributed by atoms with Crippen molar-refractivity contribution in [1.82, 2.24) is 14.1 Å². The zero-order valence-electron chi connectivity index (χ0n) is 14.3. The van der Waals surface area contributed by atoms with Crippen molar-refractivity contribution < 1.29 is 31.8 Å². The lowest BCUT2D eigenvalue weighted by Gasteiger charge is -2.14. The van der Waals surface area contributed by atoms with E-state index >= 15 is 0 Å². The Hall–Kier alpha value is -2.89. The Morgan fingerprint density at radius 2 is 1.89 bits per heavy atom. The molecule has 8 nitrogen and oxygen atoms in total. The molecular formula is C15H12ClF4N3O5. The van der Waals surface area contributed by atoms with Crippen LogP contribution in [0.1, 0.15) is 12.6 Å². The summed E-state index contributed by atoms with van der Waals surface area (Å²) in [7, 11) is 0.769. The fraction of sp³-hybridized carbons (Fsp3) is 0.333. The molecule has 2 aromatic rings. The smallest absolute Gasteiger partial charge is 0.431 e. The van der Waals surface area contributed by atoms with E-state index in [1.165, 1.54) is 0 Å². The fourth-order valence-corrected chi connectivity index (χ4v) is 2.31. The summed E-state index contributed by atoms with van der Waals surface area (Å²) in [5, 5.41) is -0.333. The molecule has 0 aliphatic carbocycles. The maximum atomic E-state index is 14.2. The van der Waals surface area contributed by atoms with E-state index in [-0.39, 0.29) is 33.4 Å². The molecule has 0 atom stereocenters. The van der Waals surface area contributed by atoms with Crippen molar-refractivity contribution in [2.75, 3.05) is 13.2 Å². The largest absolute Gasteiger partial charge is 0.473 e. The van der Waals surface area contributed by atoms with Gasteiger partial charge >= 0.3 is 17.8 Å². The number of aromatic nitrogens is 3. The average Bonchev–Trinajstić information content (AvgIpc) is 2.56. The number of carbonyl (C=O) groups excluding carboxylic acids is 1. The first-order chi connectivity index (χ1) is 12.9. The molecule has 0 amide bonds. The summed E-state index contributed by atoms with van der Waals surface area (Å²) in [6, 6.07) is 0.812. The van der Waals surface area contributed by atoms with Gasteiger partial charge in [0.1, 0.15) is 23.9 Å². The summed E-state index contributed by atoms with van der Waals surface area (Å²) in [4.78, 5) is 38.6. The van der Waals surface area contributed by atoms with Crippen LogP contribution in [-0.4, -0.2) is 33.3 Å². The second kappa shape index (κ2) is 8.00. The van der Waals surface area contributed by atoms with E-state index in [0.717, 1.165) is 14.0 Å². The normalized spacial score (nSPS) is 11.4. The van der Waals surface area contributed by atoms with Gasteiger partial charge in [-0.05, 0) is 0 Å². The van der Waals surface area contributed by atoms with Gasteiger partial charge in [-0.15, -0.1) is 0 Å². The van der Waals surface area contributed by atoms with Gasteiger partial charge < -0.3 is 9.47 Å². The van der Waals surface area contributed by atoms with Crippen LogP contribution in [0.4, 0.5) is 17.6 Å². The van der Waals surface area contributed by atoms with Crippen molar-refractivity contribution in [3.05, 3.63) is 49.5 Å². The monoisotopic (exact) mass is 425 g/mol. The maximum Gasteiger partial charge on any atom is 0.431 e. The van der Waals surface area contributed by atoms with Crippen LogP contribution < -0.4 is 16.0 Å². The first kappa shape index (κ1) is 21.4. The molecule has 0 unspecified atom stereocenters. The van der Waals surface area contributed by atoms with Gasteiger partial charge in [0.2, 0.25) is 5.88 Å². The minimum atomic E-state index is -4.97. The number of esters is 1. The molecule has 0 bridgehead atoms. The maximum absolute atomic E-state index is 14.2. The Kier molecular flexibility index (Phi) is 6.12. The number of pyridine rings is 1. The molecule has 0 aromatic carbocycles. The molecule has 0 saturated heterocycles. The number of hydrogen-bond acceptors (Lipinski definition) is 6. The van der Waals surface area contributed by atoms with Gasteiger partial charge in [-0.2, -0.15) is 18.2 Å². The first-order valence-corrected chi connectivity index (χ1v) is 7.84. The van der Waals surface area contributed by atoms with Crippen LogP contribution in [0.25, 0.3) is 5.82 Å². The summed E-state index contributed by atoms with van der Waals surface area (Å²) < 4.78 is 62.9. The van der Waals surface area contributed by atoms with Crippen molar-refractivity contribution in [2.45, 2.75) is 13.1 Å². The molecule has 0 radical (unpaired) electrons. The van der Waals surface area contributed by atoms with Gasteiger partial charge in [0.25, 0.3) is 5.56 Å². The lowest BCUT2D eigenvalue weighted by Crippen LogP contribution is -2.41. The minimum absolute atomic E-state index is 0.111. The summed E-state index contributed by atoms with van der Waals surface area (Å²) in [6.45, 7) is 0.730. The van der Waals surface area contributed by atoms with Crippen LogP contribution >= 0.6 is 11.6 Å². The van der Waals surface area contributed by atoms with Gasteiger partial charge in [-0.25, -0.2) is 13.8 Å². The van der Waals surface area contributed by atoms with Gasteiger partial charge in [0.05, 0.1) is 0 Å². The Labute approximate surface area is 158 Å². The fourth-order valence-electron chi connectivity index (χ4n) is 2.11. The van der Waals surface area contributed by atoms with E-state index in [9.17, 15) is 31.9 Å². The Bertz CT molecular complexity index is 1030. The van der Waals surface area contributed by atoms with E-state index in [1.807, 2.05) is 0 Å². The average molecular weight is 426 g/mol. The number of alkyl halides is 3. The van der Waals surface area contributed by atoms with Crippen LogP contribution in [0.5, 0.6) is 5.88 Å². The summed E-state index contributed by atoms with van der Waals surface area (Å²) in [6.07, 6.45) is -4.97. The molecule has 0 saturated carbocycles. The van der Waals surface area contributed by atoms with Crippen LogP contribution in [0.15, 0.2) is 21.7 Å². The van der Waals surface area contributed by atoms with E-state index in [2.05, 4.69) is 9.72 Å². The molecule has 2 aromatic heterocycles. The Morgan fingerprint density at radius 3 is 2.46 bits per heavy atom. The van der Waals surface area contributed by atoms with E-state index in [0.29, 0.717) is 6.07 Å². The zero-order valence-corrected chi connectivity index (χ0v) is 15.1. The van der Waals surface area contributed by atoms with Gasteiger partial charge in [-0.3, -0.25) is 14.2 Å². The van der Waals surface area contributed by atoms with Crippen molar-refractivity contribution >= 4 is 17.6 Å². The second-order valence-corrected chi connectivity index (χ2v) is 5.72. The van der Waals surface area contributed by atoms with Gasteiger partial charge in [-0.1, -0.05) is 11.6 Å². The number of halogens is 5. The first-order valence-electron chi connectivity index (χ1n) is 7.46. The molecule has 0 N–H and O–H groups in total. The highest BCUT2D eigenvalue weighted by Gasteiger charge is 2.35. The van der Waals surface area contributed by atoms with E-state index in [1.54, 1.807) is 0 Å². The van der Waals surface area contributed by atoms with E-state index in [4.69, 9.17) is 16.3 Å². The van der Waals surface area contributed by atoms with E-state index < -0.39 is 46.6 Å². The summed E-state index contributed by atoms with van der Waals surface area (Å²) in [5.74, 6) is -3.14. The van der Waals surface area contributed by atoms with Crippen LogP contribution in [0, 0.1) is 5.82 Å². The Morgan fingerprint density at radius 1 is 1.25 bits per heavy atom. The number of ether oxygens (including phenoxy) is 2. The number of carbonyl (C=O) groups is 1. The van der Waals surface area contributed by atoms with Gasteiger partial charge in [0.15, 0.2) is 11.6 Å². The highest BCUT2D eigenvalue weighted by molar-refractivity contribution is 6.31. The number of hydrogen-bond donors (Lipinski definition) is 0. The highest BCUT2D eigenvalue weighted by Crippen LogP contribution is 2.28. The lowest BCUT2D eigenvalue weighted by atomic mass is 10.3. The van der Waals surface area contributed by atoms with Crippen LogP contribution in [0.2, 0.25) is 5.02 Å². The van der Waals surface area contributed by atoms with Crippen molar-refractivity contribution in [2.24, 2.45) is 7.05 Å². The van der Waals surface area contributed by atoms with Crippen molar-refractivity contribution in [3.63, 3.8) is 0 Å². The minimum Gasteiger partial charge on any atom is -0.473 e. The highest BCUT2D eigenvalue weighted by atomic mass is 35.5. The SMILES string of the molecule is CC(=O)OCCOc1nc(-n2c(=O)cc(C(F)(F)F)n(C)c2=O)c(F)cc1Cl. The topological polar surface area (TPSA) is 92.4 Å². The zero-order chi connectivity index (χ0) is 21.2. The Balaban J connectivity index is 2.52. The van der Waals surface area contributed by atoms with Gasteiger partial charge in [0, 0.05) is 26.1 Å². The molecule has 28 heavy (non-hydrogen) atoms. The van der Waals surface area contributed by atoms with Crippen molar-refractivity contribution in [1.29, 1.82) is 0 Å².